The Morgan fingerprint density at radius 1 is 0.173 bits per heavy atom. The van der Waals surface area contributed by atoms with Gasteiger partial charge in [0.1, 0.15) is 23.5 Å². The van der Waals surface area contributed by atoms with Crippen LogP contribution in [0.4, 0.5) is 0 Å². The molecule has 10 aromatic carbocycles. The maximum atomic E-state index is 5.11. The van der Waals surface area contributed by atoms with Gasteiger partial charge in [-0.15, -0.1) is 0 Å². The molecule has 0 unspecified atom stereocenters. The van der Waals surface area contributed by atoms with Crippen LogP contribution in [0.15, 0.2) is 292 Å². The highest BCUT2D eigenvalue weighted by Crippen LogP contribution is 2.40. The molecule has 0 fully saturated rings. The summed E-state index contributed by atoms with van der Waals surface area (Å²) in [6.45, 7) is 0. The Morgan fingerprint density at radius 3 is 0.605 bits per heavy atom. The molecule has 378 valence electrons. The van der Waals surface area contributed by atoms with E-state index >= 15 is 0 Å². The minimum atomic E-state index is 0.934. The summed E-state index contributed by atoms with van der Waals surface area (Å²) in [6.07, 6.45) is 6.10. The number of rotatable bonds is 12. The van der Waals surface area contributed by atoms with Crippen molar-refractivity contribution in [1.82, 2.24) is 15.0 Å². The van der Waals surface area contributed by atoms with Crippen molar-refractivity contribution < 1.29 is 0 Å². The van der Waals surface area contributed by atoms with Crippen LogP contribution in [0.1, 0.15) is 0 Å². The highest BCUT2D eigenvalue weighted by atomic mass is 14.7. The van der Waals surface area contributed by atoms with Crippen molar-refractivity contribution in [3.63, 3.8) is 0 Å². The molecule has 81 heavy (non-hydrogen) atoms. The van der Waals surface area contributed by atoms with E-state index in [2.05, 4.69) is 297 Å². The standard InChI is InChI=1S/C75H54B3N3/c76-73-70(64-25-13-10-22-61(64)58-40-43-67(79-46-58)55-34-28-52(29-35-55)49-16-4-1-5-17-49)74(77)72(66-27-15-12-24-63(66)60-42-45-69(81-48-60)57-38-32-54(33-39-57)51-20-8-3-9-21-51)75(78)71(73)65-26-14-11-23-62(65)59-41-44-68(80-47-59)56-36-30-53(31-37-56)50-18-6-2-7-19-50/h1-48H,76-78H2. The second-order valence-electron chi connectivity index (χ2n) is 20.8. The molecule has 0 N–H and O–H groups in total. The van der Waals surface area contributed by atoms with E-state index in [-0.39, 0.29) is 0 Å². The number of nitrogens with zero attached hydrogens (tertiary/aromatic N) is 3. The summed E-state index contributed by atoms with van der Waals surface area (Å²) < 4.78 is 0. The Balaban J connectivity index is 0.920. The van der Waals surface area contributed by atoms with Gasteiger partial charge >= 0.3 is 0 Å². The summed E-state index contributed by atoms with van der Waals surface area (Å²) in [5, 5.41) is 0. The van der Waals surface area contributed by atoms with Gasteiger partial charge in [0.05, 0.1) is 17.1 Å². The Hall–Kier alpha value is -10.2. The molecule has 0 saturated carbocycles. The average Bonchev–Trinajstić information content (AvgIpc) is 3.72. The first-order valence-electron chi connectivity index (χ1n) is 27.7. The smallest absolute Gasteiger partial charge is 0.140 e. The zero-order valence-corrected chi connectivity index (χ0v) is 45.6. The van der Waals surface area contributed by atoms with Crippen molar-refractivity contribution in [2.75, 3.05) is 0 Å². The third kappa shape index (κ3) is 10.1. The molecule has 0 radical (unpaired) electrons. The fourth-order valence-electron chi connectivity index (χ4n) is 11.9. The third-order valence-electron chi connectivity index (χ3n) is 15.9. The topological polar surface area (TPSA) is 38.7 Å². The highest BCUT2D eigenvalue weighted by Gasteiger charge is 2.25. The fraction of sp³-hybridized carbons (Fsp3) is 0. The second kappa shape index (κ2) is 22.3. The molecule has 0 saturated heterocycles. The number of aromatic nitrogens is 3. The van der Waals surface area contributed by atoms with E-state index in [0.29, 0.717) is 0 Å². The van der Waals surface area contributed by atoms with Gasteiger partial charge in [0, 0.05) is 52.0 Å². The first kappa shape index (κ1) is 50.4. The maximum absolute atomic E-state index is 5.11. The summed E-state index contributed by atoms with van der Waals surface area (Å²) in [5.41, 5.74) is 30.4. The number of pyridine rings is 3. The third-order valence-corrected chi connectivity index (χ3v) is 15.9. The van der Waals surface area contributed by atoms with Gasteiger partial charge in [-0.05, 0) is 102 Å². The molecule has 3 heterocycles. The monoisotopic (exact) mass is 1030 g/mol. The van der Waals surface area contributed by atoms with Crippen LogP contribution in [-0.2, 0) is 0 Å². The largest absolute Gasteiger partial charge is 0.256 e. The summed E-state index contributed by atoms with van der Waals surface area (Å²) in [4.78, 5) is 15.3. The summed E-state index contributed by atoms with van der Waals surface area (Å²) in [6, 6.07) is 97.2. The van der Waals surface area contributed by atoms with Crippen LogP contribution >= 0.6 is 0 Å². The van der Waals surface area contributed by atoms with Crippen LogP contribution in [0, 0.1) is 0 Å². The molecule has 0 aliphatic heterocycles. The zero-order valence-electron chi connectivity index (χ0n) is 45.6. The molecule has 3 aromatic heterocycles. The normalized spacial score (nSPS) is 11.1. The molecular formula is C75H54B3N3. The minimum Gasteiger partial charge on any atom is -0.256 e. The van der Waals surface area contributed by atoms with Crippen molar-refractivity contribution in [1.29, 1.82) is 0 Å². The summed E-state index contributed by atoms with van der Waals surface area (Å²) in [7, 11) is 6.93. The van der Waals surface area contributed by atoms with E-state index in [1.165, 1.54) is 66.5 Å². The summed E-state index contributed by atoms with van der Waals surface area (Å²) >= 11 is 0. The Kier molecular flexibility index (Phi) is 13.9. The van der Waals surface area contributed by atoms with Gasteiger partial charge in [0.15, 0.2) is 0 Å². The number of benzene rings is 10. The van der Waals surface area contributed by atoms with E-state index in [9.17, 15) is 0 Å². The van der Waals surface area contributed by atoms with E-state index in [1.807, 2.05) is 18.6 Å². The lowest BCUT2D eigenvalue weighted by molar-refractivity contribution is 1.32. The van der Waals surface area contributed by atoms with Crippen molar-refractivity contribution in [2.24, 2.45) is 0 Å². The summed E-state index contributed by atoms with van der Waals surface area (Å²) in [5.74, 6) is 0. The second-order valence-corrected chi connectivity index (χ2v) is 20.8. The van der Waals surface area contributed by atoms with Crippen LogP contribution < -0.4 is 16.4 Å². The quantitative estimate of drug-likeness (QED) is 0.114. The predicted octanol–water partition coefficient (Wildman–Crippen LogP) is 14.7. The van der Waals surface area contributed by atoms with E-state index in [0.717, 1.165) is 83.8 Å². The Morgan fingerprint density at radius 2 is 0.370 bits per heavy atom. The van der Waals surface area contributed by atoms with Gasteiger partial charge in [-0.2, -0.15) is 0 Å². The van der Waals surface area contributed by atoms with Crippen LogP contribution in [0.3, 0.4) is 0 Å². The maximum Gasteiger partial charge on any atom is 0.140 e. The first-order valence-corrected chi connectivity index (χ1v) is 27.7. The molecule has 13 rings (SSSR count). The van der Waals surface area contributed by atoms with Gasteiger partial charge in [0.25, 0.3) is 0 Å². The highest BCUT2D eigenvalue weighted by molar-refractivity contribution is 6.56. The minimum absolute atomic E-state index is 0.934. The zero-order chi connectivity index (χ0) is 54.7. The van der Waals surface area contributed by atoms with Gasteiger partial charge in [-0.25, -0.2) is 0 Å². The van der Waals surface area contributed by atoms with Crippen LogP contribution in [0.2, 0.25) is 0 Å². The molecule has 0 amide bonds. The first-order chi connectivity index (χ1) is 39.9. The molecule has 0 aliphatic rings. The van der Waals surface area contributed by atoms with Crippen molar-refractivity contribution in [2.45, 2.75) is 0 Å². The SMILES string of the molecule is Bc1c(-c2ccccc2-c2ccc(-c3ccc(-c4ccccc4)cc3)nc2)c(B)c(-c2ccccc2-c2ccc(-c3ccc(-c4ccccc4)cc3)nc2)c(B)c1-c1ccccc1-c1ccc(-c2ccc(-c3ccccc3)cc2)nc1. The lowest BCUT2D eigenvalue weighted by Crippen LogP contribution is -2.33. The van der Waals surface area contributed by atoms with Gasteiger partial charge in [-0.3, -0.25) is 15.0 Å². The van der Waals surface area contributed by atoms with Gasteiger partial charge < -0.3 is 0 Å². The van der Waals surface area contributed by atoms with Crippen LogP contribution in [-0.4, -0.2) is 38.5 Å². The fourth-order valence-corrected chi connectivity index (χ4v) is 11.9. The number of hydrogen-bond acceptors (Lipinski definition) is 3. The van der Waals surface area contributed by atoms with Crippen molar-refractivity contribution >= 4 is 39.9 Å². The average molecular weight is 1030 g/mol. The molecule has 6 heteroatoms. The van der Waals surface area contributed by atoms with Crippen LogP contribution in [0.25, 0.3) is 134 Å². The van der Waals surface area contributed by atoms with Gasteiger partial charge in [-0.1, -0.05) is 271 Å². The molecular weight excluding hydrogens is 975 g/mol. The van der Waals surface area contributed by atoms with E-state index in [4.69, 9.17) is 15.0 Å². The predicted molar refractivity (Wildman–Crippen MR) is 350 cm³/mol. The molecule has 3 nitrogen and oxygen atoms in total. The molecule has 0 aliphatic carbocycles. The van der Waals surface area contributed by atoms with Crippen molar-refractivity contribution in [3.8, 4) is 134 Å². The molecule has 0 bridgehead atoms. The van der Waals surface area contributed by atoms with Crippen molar-refractivity contribution in [3.05, 3.63) is 292 Å². The molecule has 0 atom stereocenters. The van der Waals surface area contributed by atoms with Crippen LogP contribution in [0.5, 0.6) is 0 Å². The van der Waals surface area contributed by atoms with Gasteiger partial charge in [0.2, 0.25) is 0 Å². The van der Waals surface area contributed by atoms with E-state index in [1.54, 1.807) is 0 Å². The molecule has 13 aromatic rings. The Labute approximate surface area is 477 Å². The number of hydrogen-bond donors (Lipinski definition) is 0. The lowest BCUT2D eigenvalue weighted by atomic mass is 9.64. The van der Waals surface area contributed by atoms with E-state index < -0.39 is 0 Å². The lowest BCUT2D eigenvalue weighted by Gasteiger charge is -2.27. The molecule has 0 spiro atoms. The Bertz CT molecular complexity index is 3870.